The van der Waals surface area contributed by atoms with Crippen LogP contribution >= 0.6 is 0 Å². The quantitative estimate of drug-likeness (QED) is 0.641. The SMILES string of the molecule is CCN(CC)C(CNC(=O)C(C(C)C)N1C(=O)c2ccccc2C1=O)c1ccco1. The third-order valence-corrected chi connectivity index (χ3v) is 5.60. The van der Waals surface area contributed by atoms with Crippen molar-refractivity contribution in [1.82, 2.24) is 15.1 Å². The van der Waals surface area contributed by atoms with Gasteiger partial charge >= 0.3 is 0 Å². The molecule has 3 rings (SSSR count). The second kappa shape index (κ2) is 9.26. The second-order valence-corrected chi connectivity index (χ2v) is 7.71. The van der Waals surface area contributed by atoms with E-state index < -0.39 is 17.9 Å². The van der Waals surface area contributed by atoms with Gasteiger partial charge in [-0.05, 0) is 43.3 Å². The molecule has 7 nitrogen and oxygen atoms in total. The maximum Gasteiger partial charge on any atom is 0.262 e. The first kappa shape index (κ1) is 21.8. The predicted octanol–water partition coefficient (Wildman–Crippen LogP) is 3.10. The number of benzene rings is 1. The van der Waals surface area contributed by atoms with Gasteiger partial charge in [0.2, 0.25) is 5.91 Å². The molecule has 1 aromatic carbocycles. The molecule has 1 N–H and O–H groups in total. The van der Waals surface area contributed by atoms with Crippen LogP contribution in [0.5, 0.6) is 0 Å². The highest BCUT2D eigenvalue weighted by atomic mass is 16.3. The second-order valence-electron chi connectivity index (χ2n) is 7.71. The third-order valence-electron chi connectivity index (χ3n) is 5.60. The molecule has 1 aliphatic heterocycles. The molecule has 2 aromatic rings. The number of carbonyl (C=O) groups is 3. The van der Waals surface area contributed by atoms with Gasteiger partial charge in [-0.15, -0.1) is 0 Å². The van der Waals surface area contributed by atoms with Gasteiger partial charge in [0, 0.05) is 6.54 Å². The highest BCUT2D eigenvalue weighted by molar-refractivity contribution is 6.22. The van der Waals surface area contributed by atoms with Crippen molar-refractivity contribution in [2.45, 2.75) is 39.8 Å². The predicted molar refractivity (Wildman–Crippen MR) is 113 cm³/mol. The molecule has 0 aliphatic carbocycles. The van der Waals surface area contributed by atoms with Gasteiger partial charge in [-0.25, -0.2) is 0 Å². The number of hydrogen-bond acceptors (Lipinski definition) is 5. The molecule has 0 spiro atoms. The Bertz CT molecular complexity index is 868. The minimum Gasteiger partial charge on any atom is -0.468 e. The standard InChI is InChI=1S/C23H29N3O4/c1-5-25(6-2)18(19-12-9-13-30-19)14-24-21(27)20(15(3)4)26-22(28)16-10-7-8-11-17(16)23(26)29/h7-13,15,18,20H,5-6,14H2,1-4H3,(H,24,27). The van der Waals surface area contributed by atoms with Crippen LogP contribution in [0.3, 0.4) is 0 Å². The Kier molecular flexibility index (Phi) is 6.72. The lowest BCUT2D eigenvalue weighted by molar-refractivity contribution is -0.126. The van der Waals surface area contributed by atoms with Gasteiger partial charge in [-0.2, -0.15) is 0 Å². The van der Waals surface area contributed by atoms with E-state index in [1.54, 1.807) is 30.5 Å². The lowest BCUT2D eigenvalue weighted by Crippen LogP contribution is -2.53. The smallest absolute Gasteiger partial charge is 0.262 e. The summed E-state index contributed by atoms with van der Waals surface area (Å²) in [7, 11) is 0. The van der Waals surface area contributed by atoms with E-state index in [2.05, 4.69) is 24.1 Å². The van der Waals surface area contributed by atoms with Gasteiger partial charge in [-0.3, -0.25) is 24.2 Å². The Hall–Kier alpha value is -2.93. The Balaban J connectivity index is 1.80. The van der Waals surface area contributed by atoms with Crippen LogP contribution in [0, 0.1) is 5.92 Å². The van der Waals surface area contributed by atoms with E-state index in [0.29, 0.717) is 17.7 Å². The summed E-state index contributed by atoms with van der Waals surface area (Å²) in [6.07, 6.45) is 1.61. The van der Waals surface area contributed by atoms with Gasteiger partial charge in [0.25, 0.3) is 11.8 Å². The lowest BCUT2D eigenvalue weighted by atomic mass is 10.0. The summed E-state index contributed by atoms with van der Waals surface area (Å²) in [5, 5.41) is 2.96. The monoisotopic (exact) mass is 411 g/mol. The first-order valence-electron chi connectivity index (χ1n) is 10.4. The third kappa shape index (κ3) is 4.03. The van der Waals surface area contributed by atoms with Gasteiger partial charge in [0.1, 0.15) is 11.8 Å². The average Bonchev–Trinajstić information content (AvgIpc) is 3.35. The zero-order valence-corrected chi connectivity index (χ0v) is 17.9. The number of rotatable bonds is 9. The maximum atomic E-state index is 13.2. The first-order chi connectivity index (χ1) is 14.4. The molecule has 3 amide bonds. The average molecular weight is 412 g/mol. The molecule has 160 valence electrons. The number of furan rings is 1. The number of likely N-dealkylation sites (N-methyl/N-ethyl adjacent to an activating group) is 1. The fraction of sp³-hybridized carbons (Fsp3) is 0.435. The topological polar surface area (TPSA) is 82.9 Å². The van der Waals surface area contributed by atoms with E-state index in [0.717, 1.165) is 23.7 Å². The van der Waals surface area contributed by atoms with E-state index in [4.69, 9.17) is 4.42 Å². The van der Waals surface area contributed by atoms with Crippen LogP contribution < -0.4 is 5.32 Å². The van der Waals surface area contributed by atoms with Crippen molar-refractivity contribution in [3.63, 3.8) is 0 Å². The summed E-state index contributed by atoms with van der Waals surface area (Å²) in [5.41, 5.74) is 0.690. The lowest BCUT2D eigenvalue weighted by Gasteiger charge is -2.31. The van der Waals surface area contributed by atoms with Crippen LogP contribution in [0.25, 0.3) is 0 Å². The van der Waals surface area contributed by atoms with Gasteiger partial charge in [0.15, 0.2) is 0 Å². The van der Waals surface area contributed by atoms with Crippen molar-refractivity contribution < 1.29 is 18.8 Å². The summed E-state index contributed by atoms with van der Waals surface area (Å²) in [4.78, 5) is 42.2. The van der Waals surface area contributed by atoms with E-state index in [-0.39, 0.29) is 17.9 Å². The summed E-state index contributed by atoms with van der Waals surface area (Å²) in [6, 6.07) is 9.38. The van der Waals surface area contributed by atoms with E-state index in [1.165, 1.54) is 0 Å². The van der Waals surface area contributed by atoms with Crippen LogP contribution in [-0.4, -0.2) is 53.2 Å². The fourth-order valence-corrected chi connectivity index (χ4v) is 4.04. The molecule has 0 saturated carbocycles. The zero-order valence-electron chi connectivity index (χ0n) is 17.9. The van der Waals surface area contributed by atoms with Crippen LogP contribution in [0.15, 0.2) is 47.1 Å². The number of hydrogen-bond donors (Lipinski definition) is 1. The first-order valence-corrected chi connectivity index (χ1v) is 10.4. The largest absolute Gasteiger partial charge is 0.468 e. The number of fused-ring (bicyclic) bond motifs is 1. The van der Waals surface area contributed by atoms with Crippen molar-refractivity contribution in [3.8, 4) is 0 Å². The molecule has 2 unspecified atom stereocenters. The van der Waals surface area contributed by atoms with Crippen molar-refractivity contribution in [2.75, 3.05) is 19.6 Å². The number of amides is 3. The molecule has 30 heavy (non-hydrogen) atoms. The van der Waals surface area contributed by atoms with Crippen LogP contribution in [0.1, 0.15) is 60.2 Å². The molecule has 0 bridgehead atoms. The number of nitrogens with zero attached hydrogens (tertiary/aromatic N) is 2. The Labute approximate surface area is 177 Å². The fourth-order valence-electron chi connectivity index (χ4n) is 4.04. The van der Waals surface area contributed by atoms with E-state index >= 15 is 0 Å². The minimum absolute atomic E-state index is 0.131. The molecular formula is C23H29N3O4. The Morgan fingerprint density at radius 2 is 1.63 bits per heavy atom. The normalized spacial score (nSPS) is 15.6. The van der Waals surface area contributed by atoms with Crippen LogP contribution in [0.4, 0.5) is 0 Å². The molecule has 2 heterocycles. The van der Waals surface area contributed by atoms with Crippen molar-refractivity contribution >= 4 is 17.7 Å². The van der Waals surface area contributed by atoms with Crippen LogP contribution in [-0.2, 0) is 4.79 Å². The van der Waals surface area contributed by atoms with Crippen molar-refractivity contribution in [3.05, 3.63) is 59.5 Å². The molecular weight excluding hydrogens is 382 g/mol. The zero-order chi connectivity index (χ0) is 21.8. The minimum atomic E-state index is -0.883. The number of carbonyl (C=O) groups excluding carboxylic acids is 3. The molecule has 0 saturated heterocycles. The summed E-state index contributed by atoms with van der Waals surface area (Å²) < 4.78 is 5.59. The number of nitrogens with one attached hydrogen (secondary N) is 1. The Morgan fingerprint density at radius 3 is 2.10 bits per heavy atom. The molecule has 2 atom stereocenters. The van der Waals surface area contributed by atoms with Crippen molar-refractivity contribution in [1.29, 1.82) is 0 Å². The number of imide groups is 1. The van der Waals surface area contributed by atoms with Crippen LogP contribution in [0.2, 0.25) is 0 Å². The van der Waals surface area contributed by atoms with Gasteiger partial charge in [0.05, 0.1) is 23.4 Å². The highest BCUT2D eigenvalue weighted by Crippen LogP contribution is 2.27. The summed E-state index contributed by atoms with van der Waals surface area (Å²) in [6.45, 7) is 9.69. The molecule has 1 aromatic heterocycles. The van der Waals surface area contributed by atoms with Gasteiger partial charge < -0.3 is 9.73 Å². The van der Waals surface area contributed by atoms with E-state index in [9.17, 15) is 14.4 Å². The summed E-state index contributed by atoms with van der Waals surface area (Å²) in [5.74, 6) is -0.654. The van der Waals surface area contributed by atoms with Crippen molar-refractivity contribution in [2.24, 2.45) is 5.92 Å². The highest BCUT2D eigenvalue weighted by Gasteiger charge is 2.44. The molecule has 1 aliphatic rings. The summed E-state index contributed by atoms with van der Waals surface area (Å²) >= 11 is 0. The molecule has 0 fully saturated rings. The molecule has 7 heteroatoms. The maximum absolute atomic E-state index is 13.2. The molecule has 0 radical (unpaired) electrons. The van der Waals surface area contributed by atoms with E-state index in [1.807, 2.05) is 26.0 Å². The van der Waals surface area contributed by atoms with Gasteiger partial charge in [-0.1, -0.05) is 39.8 Å². The Morgan fingerprint density at radius 1 is 1.03 bits per heavy atom.